The third-order valence-corrected chi connectivity index (χ3v) is 3.41. The van der Waals surface area contributed by atoms with Gasteiger partial charge in [-0.2, -0.15) is 5.26 Å². The van der Waals surface area contributed by atoms with Gasteiger partial charge in [-0.25, -0.2) is 4.98 Å². The molecular formula is C15H26N4. The van der Waals surface area contributed by atoms with Crippen LogP contribution in [-0.2, 0) is 13.0 Å². The quantitative estimate of drug-likeness (QED) is 0.696. The van der Waals surface area contributed by atoms with Crippen LogP contribution in [0.1, 0.15) is 52.3 Å². The molecule has 1 aromatic rings. The van der Waals surface area contributed by atoms with Gasteiger partial charge in [-0.3, -0.25) is 5.32 Å². The number of rotatable bonds is 9. The lowest BCUT2D eigenvalue weighted by molar-refractivity contribution is 0.403. The minimum Gasteiger partial charge on any atom is -0.335 e. The molecule has 0 aromatic carbocycles. The summed E-state index contributed by atoms with van der Waals surface area (Å²) >= 11 is 0. The van der Waals surface area contributed by atoms with E-state index in [1.54, 1.807) is 0 Å². The van der Waals surface area contributed by atoms with E-state index in [1.807, 2.05) is 20.0 Å². The van der Waals surface area contributed by atoms with Crippen LogP contribution in [0.5, 0.6) is 0 Å². The molecule has 4 heteroatoms. The molecule has 106 valence electrons. The van der Waals surface area contributed by atoms with Crippen LogP contribution in [0.3, 0.4) is 0 Å². The van der Waals surface area contributed by atoms with E-state index < -0.39 is 0 Å². The predicted molar refractivity (Wildman–Crippen MR) is 77.8 cm³/mol. The van der Waals surface area contributed by atoms with Gasteiger partial charge in [0.2, 0.25) is 0 Å². The summed E-state index contributed by atoms with van der Waals surface area (Å²) in [5, 5.41) is 12.4. The highest BCUT2D eigenvalue weighted by Crippen LogP contribution is 2.14. The van der Waals surface area contributed by atoms with Gasteiger partial charge in [0, 0.05) is 25.4 Å². The third kappa shape index (κ3) is 5.04. The van der Waals surface area contributed by atoms with E-state index in [0.29, 0.717) is 0 Å². The maximum absolute atomic E-state index is 9.19. The number of aryl methyl sites for hydroxylation is 2. The van der Waals surface area contributed by atoms with Gasteiger partial charge in [-0.15, -0.1) is 0 Å². The van der Waals surface area contributed by atoms with Gasteiger partial charge in [0.1, 0.15) is 11.4 Å². The zero-order valence-corrected chi connectivity index (χ0v) is 12.4. The van der Waals surface area contributed by atoms with E-state index >= 15 is 0 Å². The molecule has 0 radical (unpaired) electrons. The number of hydrogen-bond acceptors (Lipinski definition) is 3. The average molecular weight is 262 g/mol. The summed E-state index contributed by atoms with van der Waals surface area (Å²) < 4.78 is 2.24. The molecule has 0 fully saturated rings. The van der Waals surface area contributed by atoms with Crippen molar-refractivity contribution in [3.63, 3.8) is 0 Å². The van der Waals surface area contributed by atoms with E-state index in [2.05, 4.69) is 34.1 Å². The molecule has 0 amide bonds. The maximum Gasteiger partial charge on any atom is 0.108 e. The Kier molecular flexibility index (Phi) is 6.58. The standard InChI is InChI=1S/C15H26N4/c1-4-8-14-17-10-12-19(14)11-7-6-9-15(3,13-16)18-5-2/h10,12,18H,4-9,11H2,1-3H3. The minimum absolute atomic E-state index is 0.379. The minimum atomic E-state index is -0.379. The lowest BCUT2D eigenvalue weighted by atomic mass is 9.96. The summed E-state index contributed by atoms with van der Waals surface area (Å²) in [4.78, 5) is 4.38. The monoisotopic (exact) mass is 262 g/mol. The summed E-state index contributed by atoms with van der Waals surface area (Å²) in [5.41, 5.74) is -0.379. The first-order valence-electron chi connectivity index (χ1n) is 7.31. The topological polar surface area (TPSA) is 53.6 Å². The second-order valence-corrected chi connectivity index (χ2v) is 5.22. The number of imidazole rings is 1. The van der Waals surface area contributed by atoms with Crippen molar-refractivity contribution < 1.29 is 0 Å². The predicted octanol–water partition coefficient (Wildman–Crippen LogP) is 2.90. The number of nitrogens with one attached hydrogen (secondary N) is 1. The van der Waals surface area contributed by atoms with Crippen LogP contribution in [0.4, 0.5) is 0 Å². The third-order valence-electron chi connectivity index (χ3n) is 3.41. The molecule has 0 spiro atoms. The second-order valence-electron chi connectivity index (χ2n) is 5.22. The molecule has 0 aliphatic rings. The van der Waals surface area contributed by atoms with Crippen molar-refractivity contribution >= 4 is 0 Å². The van der Waals surface area contributed by atoms with E-state index in [-0.39, 0.29) is 5.54 Å². The molecule has 0 saturated heterocycles. The van der Waals surface area contributed by atoms with Gasteiger partial charge < -0.3 is 4.57 Å². The van der Waals surface area contributed by atoms with Crippen molar-refractivity contribution in [2.24, 2.45) is 0 Å². The smallest absolute Gasteiger partial charge is 0.108 e. The average Bonchev–Trinajstić information content (AvgIpc) is 2.83. The van der Waals surface area contributed by atoms with Crippen LogP contribution in [0.25, 0.3) is 0 Å². The molecule has 0 bridgehead atoms. The van der Waals surface area contributed by atoms with Crippen LogP contribution >= 0.6 is 0 Å². The Morgan fingerprint density at radius 3 is 2.84 bits per heavy atom. The largest absolute Gasteiger partial charge is 0.335 e. The highest BCUT2D eigenvalue weighted by atomic mass is 15.1. The Morgan fingerprint density at radius 2 is 2.21 bits per heavy atom. The van der Waals surface area contributed by atoms with Crippen LogP contribution in [0, 0.1) is 11.3 Å². The second kappa shape index (κ2) is 7.96. The van der Waals surface area contributed by atoms with Gasteiger partial charge in [-0.1, -0.05) is 13.8 Å². The fourth-order valence-electron chi connectivity index (χ4n) is 2.33. The van der Waals surface area contributed by atoms with Crippen LogP contribution in [0.15, 0.2) is 12.4 Å². The number of aromatic nitrogens is 2. The fourth-order valence-corrected chi connectivity index (χ4v) is 2.33. The highest BCUT2D eigenvalue weighted by molar-refractivity contribution is 5.03. The Bertz CT molecular complexity index is 405. The van der Waals surface area contributed by atoms with Gasteiger partial charge in [-0.05, 0) is 39.2 Å². The van der Waals surface area contributed by atoms with Gasteiger partial charge in [0.05, 0.1) is 6.07 Å². The highest BCUT2D eigenvalue weighted by Gasteiger charge is 2.21. The van der Waals surface area contributed by atoms with Crippen molar-refractivity contribution in [3.05, 3.63) is 18.2 Å². The Balaban J connectivity index is 2.34. The SMILES string of the molecule is CCCc1nccn1CCCCC(C)(C#N)NCC. The molecule has 1 atom stereocenters. The molecule has 1 unspecified atom stereocenters. The fraction of sp³-hybridized carbons (Fsp3) is 0.733. The van der Waals surface area contributed by atoms with Crippen LogP contribution < -0.4 is 5.32 Å². The first-order chi connectivity index (χ1) is 9.15. The number of unbranched alkanes of at least 4 members (excludes halogenated alkanes) is 1. The molecule has 0 aliphatic carbocycles. The summed E-state index contributed by atoms with van der Waals surface area (Å²) in [6.07, 6.45) is 9.15. The molecule has 1 aromatic heterocycles. The maximum atomic E-state index is 9.19. The molecule has 19 heavy (non-hydrogen) atoms. The van der Waals surface area contributed by atoms with E-state index in [1.165, 1.54) is 5.82 Å². The number of nitriles is 1. The zero-order chi connectivity index (χ0) is 14.1. The van der Waals surface area contributed by atoms with Crippen molar-refractivity contribution in [2.75, 3.05) is 6.54 Å². The Labute approximate surface area is 116 Å². The number of hydrogen-bond donors (Lipinski definition) is 1. The first kappa shape index (κ1) is 15.7. The zero-order valence-electron chi connectivity index (χ0n) is 12.4. The van der Waals surface area contributed by atoms with Crippen molar-refractivity contribution in [2.45, 2.75) is 65.0 Å². The number of nitrogens with zero attached hydrogens (tertiary/aromatic N) is 3. The summed E-state index contributed by atoms with van der Waals surface area (Å²) in [5.74, 6) is 1.18. The van der Waals surface area contributed by atoms with Crippen molar-refractivity contribution in [1.29, 1.82) is 5.26 Å². The summed E-state index contributed by atoms with van der Waals surface area (Å²) in [6, 6.07) is 2.37. The molecule has 1 rings (SSSR count). The molecule has 0 aliphatic heterocycles. The Morgan fingerprint density at radius 1 is 1.42 bits per heavy atom. The summed E-state index contributed by atoms with van der Waals surface area (Å²) in [6.45, 7) is 8.04. The molecule has 4 nitrogen and oxygen atoms in total. The molecule has 1 N–H and O–H groups in total. The van der Waals surface area contributed by atoms with Gasteiger partial charge in [0.25, 0.3) is 0 Å². The van der Waals surface area contributed by atoms with Crippen molar-refractivity contribution in [1.82, 2.24) is 14.9 Å². The normalized spacial score (nSPS) is 14.0. The molecule has 0 saturated carbocycles. The van der Waals surface area contributed by atoms with Crippen molar-refractivity contribution in [3.8, 4) is 6.07 Å². The summed E-state index contributed by atoms with van der Waals surface area (Å²) in [7, 11) is 0. The van der Waals surface area contributed by atoms with Crippen LogP contribution in [-0.4, -0.2) is 21.6 Å². The first-order valence-corrected chi connectivity index (χ1v) is 7.31. The molecule has 1 heterocycles. The lowest BCUT2D eigenvalue weighted by Crippen LogP contribution is -2.40. The lowest BCUT2D eigenvalue weighted by Gasteiger charge is -2.22. The van der Waals surface area contributed by atoms with E-state index in [9.17, 15) is 5.26 Å². The van der Waals surface area contributed by atoms with E-state index in [0.717, 1.165) is 45.2 Å². The van der Waals surface area contributed by atoms with E-state index in [4.69, 9.17) is 0 Å². The van der Waals surface area contributed by atoms with Crippen LogP contribution in [0.2, 0.25) is 0 Å². The van der Waals surface area contributed by atoms with Gasteiger partial charge >= 0.3 is 0 Å². The van der Waals surface area contributed by atoms with Gasteiger partial charge in [0.15, 0.2) is 0 Å². The Hall–Kier alpha value is -1.34. The molecular weight excluding hydrogens is 236 g/mol.